The number of unbranched alkanes of at least 4 members (excludes halogenated alkanes) is 2. The third kappa shape index (κ3) is 14.1. The summed E-state index contributed by atoms with van der Waals surface area (Å²) in [7, 11) is 2.66. The summed E-state index contributed by atoms with van der Waals surface area (Å²) >= 11 is 1.14. The Morgan fingerprint density at radius 1 is 0.625 bits per heavy atom. The normalized spacial score (nSPS) is 12.2. The van der Waals surface area contributed by atoms with Gasteiger partial charge in [0.15, 0.2) is 0 Å². The topological polar surface area (TPSA) is 111 Å². The molecule has 8 nitrogen and oxygen atoms in total. The summed E-state index contributed by atoms with van der Waals surface area (Å²) in [5, 5.41) is 7.90. The van der Waals surface area contributed by atoms with Gasteiger partial charge in [-0.15, -0.1) is 0 Å². The molecule has 2 amide bonds. The Hall–Kier alpha value is -2.64. The van der Waals surface area contributed by atoms with Crippen LogP contribution in [0, 0.1) is 0 Å². The molecule has 2 rings (SSSR count). The van der Waals surface area contributed by atoms with Crippen molar-refractivity contribution in [1.29, 1.82) is 0 Å². The average Bonchev–Trinajstić information content (AvgIpc) is 2.97. The number of carbonyl (C=O) groups is 4. The van der Waals surface area contributed by atoms with Crippen LogP contribution < -0.4 is 10.6 Å². The van der Waals surface area contributed by atoms with Crippen molar-refractivity contribution < 1.29 is 28.7 Å². The molecule has 0 aliphatic rings. The molecule has 0 spiro atoms. The Morgan fingerprint density at radius 2 is 1.00 bits per heavy atom. The van der Waals surface area contributed by atoms with E-state index in [1.807, 2.05) is 60.7 Å². The van der Waals surface area contributed by atoms with E-state index in [0.29, 0.717) is 51.9 Å². The van der Waals surface area contributed by atoms with Gasteiger partial charge in [-0.1, -0.05) is 0 Å². The maximum atomic E-state index is 12.4. The summed E-state index contributed by atoms with van der Waals surface area (Å²) < 4.78 is 9.72. The van der Waals surface area contributed by atoms with Gasteiger partial charge in [0, 0.05) is 0 Å². The Labute approximate surface area is 248 Å². The zero-order chi connectivity index (χ0) is 29.0. The first-order valence-corrected chi connectivity index (χ1v) is 20.2. The van der Waals surface area contributed by atoms with Gasteiger partial charge in [0.2, 0.25) is 0 Å². The number of hydrogen-bond donors (Lipinski definition) is 2. The van der Waals surface area contributed by atoms with Crippen molar-refractivity contribution in [2.45, 2.75) is 74.1 Å². The summed E-state index contributed by atoms with van der Waals surface area (Å²) in [5.74, 6) is -1.12. The third-order valence-corrected chi connectivity index (χ3v) is 13.8. The Morgan fingerprint density at radius 3 is 1.35 bits per heavy atom. The van der Waals surface area contributed by atoms with Crippen LogP contribution in [0.15, 0.2) is 60.7 Å². The van der Waals surface area contributed by atoms with Crippen molar-refractivity contribution in [2.24, 2.45) is 0 Å². The van der Waals surface area contributed by atoms with Crippen LogP contribution in [0.1, 0.15) is 49.7 Å². The Balaban J connectivity index is 1.53. The van der Waals surface area contributed by atoms with E-state index in [4.69, 9.17) is 9.47 Å². The molecule has 0 heterocycles. The van der Waals surface area contributed by atoms with Gasteiger partial charge in [0.05, 0.1) is 0 Å². The van der Waals surface area contributed by atoms with E-state index >= 15 is 0 Å². The number of benzene rings is 2. The van der Waals surface area contributed by atoms with Gasteiger partial charge in [0.1, 0.15) is 0 Å². The molecule has 0 fully saturated rings. The van der Waals surface area contributed by atoms with Crippen LogP contribution in [0.3, 0.4) is 0 Å². The van der Waals surface area contributed by atoms with E-state index in [1.165, 1.54) is 14.2 Å². The zero-order valence-corrected chi connectivity index (χ0v) is 26.7. The molecule has 0 aromatic heterocycles. The zero-order valence-electron chi connectivity index (χ0n) is 23.3. The summed E-state index contributed by atoms with van der Waals surface area (Å²) in [6.45, 7) is 0. The van der Waals surface area contributed by atoms with Gasteiger partial charge in [-0.05, 0) is 0 Å². The molecule has 40 heavy (non-hydrogen) atoms. The van der Waals surface area contributed by atoms with E-state index in [-0.39, 0.29) is 11.8 Å². The second kappa shape index (κ2) is 20.3. The second-order valence-corrected chi connectivity index (χ2v) is 17.1. The quantitative estimate of drug-likeness (QED) is 0.134. The number of ether oxygens (including phenoxy) is 2. The van der Waals surface area contributed by atoms with E-state index in [2.05, 4.69) is 10.6 Å². The monoisotopic (exact) mass is 684 g/mol. The standard InChI is InChI=1S/C30H40N2O6Se2/c1-37-29(35)25(21-23-13-5-3-6-14-23)31-27(33)17-9-11-19-39-40-20-12-10-18-28(34)32-26(30(36)38-2)22-24-15-7-4-8-16-24/h3-8,13-16,25-26H,9-12,17-22H2,1-2H3,(H,31,33)(H,32,34)/t25-,26-/m0/s1. The molecule has 0 aliphatic carbocycles. The van der Waals surface area contributed by atoms with E-state index in [1.54, 1.807) is 0 Å². The summed E-state index contributed by atoms with van der Waals surface area (Å²) in [6.07, 6.45) is 5.21. The van der Waals surface area contributed by atoms with Gasteiger partial charge in [-0.3, -0.25) is 0 Å². The molecule has 2 aromatic rings. The fraction of sp³-hybridized carbons (Fsp3) is 0.467. The molecule has 0 saturated heterocycles. The summed E-state index contributed by atoms with van der Waals surface area (Å²) in [6, 6.07) is 17.8. The molecule has 0 unspecified atom stereocenters. The fourth-order valence-corrected chi connectivity index (χ4v) is 10.9. The average molecular weight is 683 g/mol. The van der Waals surface area contributed by atoms with Crippen molar-refractivity contribution in [3.63, 3.8) is 0 Å². The Kier molecular flexibility index (Phi) is 17.0. The SMILES string of the molecule is COC(=O)[C@H](Cc1ccccc1)NC(=O)CCCC[Se][Se]CCCCC(=O)N[C@@H](Cc1ccccc1)C(=O)OC. The second-order valence-electron chi connectivity index (χ2n) is 9.22. The molecule has 0 saturated carbocycles. The maximum absolute atomic E-state index is 12.4. The number of carbonyl (C=O) groups excluding carboxylic acids is 4. The minimum atomic E-state index is -0.676. The van der Waals surface area contributed by atoms with Crippen molar-refractivity contribution in [3.8, 4) is 0 Å². The molecule has 2 N–H and O–H groups in total. The molecule has 2 atom stereocenters. The predicted octanol–water partition coefficient (Wildman–Crippen LogP) is 3.29. The summed E-state index contributed by atoms with van der Waals surface area (Å²) in [5.41, 5.74) is 1.94. The molecular formula is C30H40N2O6Se2. The third-order valence-electron chi connectivity index (χ3n) is 6.05. The van der Waals surface area contributed by atoms with Crippen molar-refractivity contribution in [1.82, 2.24) is 10.6 Å². The van der Waals surface area contributed by atoms with Crippen molar-refractivity contribution in [2.75, 3.05) is 14.2 Å². The van der Waals surface area contributed by atoms with E-state index in [0.717, 1.165) is 47.4 Å². The van der Waals surface area contributed by atoms with Crippen LogP contribution >= 0.6 is 0 Å². The van der Waals surface area contributed by atoms with Crippen molar-refractivity contribution in [3.05, 3.63) is 71.8 Å². The summed E-state index contributed by atoms with van der Waals surface area (Å²) in [4.78, 5) is 48.9. The van der Waals surface area contributed by atoms with Crippen LogP contribution in [-0.2, 0) is 41.5 Å². The first-order chi connectivity index (χ1) is 19.4. The van der Waals surface area contributed by atoms with Gasteiger partial charge in [-0.2, -0.15) is 0 Å². The number of nitrogens with one attached hydrogen (secondary N) is 2. The number of methoxy groups -OCH3 is 2. The molecule has 2 aromatic carbocycles. The number of esters is 2. The van der Waals surface area contributed by atoms with Gasteiger partial charge < -0.3 is 0 Å². The Bertz CT molecular complexity index is 956. The van der Waals surface area contributed by atoms with Crippen LogP contribution in [-0.4, -0.2) is 76.3 Å². The molecular weight excluding hydrogens is 642 g/mol. The van der Waals surface area contributed by atoms with Crippen LogP contribution in [0.4, 0.5) is 0 Å². The van der Waals surface area contributed by atoms with Gasteiger partial charge in [0.25, 0.3) is 0 Å². The van der Waals surface area contributed by atoms with Crippen molar-refractivity contribution >= 4 is 50.0 Å². The van der Waals surface area contributed by atoms with E-state index in [9.17, 15) is 19.2 Å². The molecule has 0 bridgehead atoms. The molecule has 0 radical (unpaired) electrons. The minimum absolute atomic E-state index is 0.124. The van der Waals surface area contributed by atoms with E-state index < -0.39 is 24.0 Å². The molecule has 0 aliphatic heterocycles. The fourth-order valence-electron chi connectivity index (χ4n) is 3.91. The van der Waals surface area contributed by atoms with Crippen LogP contribution in [0.2, 0.25) is 10.6 Å². The van der Waals surface area contributed by atoms with Crippen LogP contribution in [0.25, 0.3) is 0 Å². The predicted molar refractivity (Wildman–Crippen MR) is 157 cm³/mol. The number of rotatable bonds is 19. The molecule has 10 heteroatoms. The first kappa shape index (κ1) is 33.6. The number of hydrogen-bond acceptors (Lipinski definition) is 6. The van der Waals surface area contributed by atoms with Gasteiger partial charge in [-0.25, -0.2) is 0 Å². The van der Waals surface area contributed by atoms with Gasteiger partial charge >= 0.3 is 249 Å². The van der Waals surface area contributed by atoms with Crippen LogP contribution in [0.5, 0.6) is 0 Å². The first-order valence-electron chi connectivity index (χ1n) is 13.5. The number of amides is 2. The molecule has 218 valence electrons.